The van der Waals surface area contributed by atoms with Crippen molar-refractivity contribution in [2.75, 3.05) is 44.6 Å². The minimum Gasteiger partial charge on any atom is -0.353 e. The van der Waals surface area contributed by atoms with Crippen LogP contribution in [0.2, 0.25) is 0 Å². The van der Waals surface area contributed by atoms with E-state index in [2.05, 4.69) is 47.0 Å². The molecule has 1 aliphatic heterocycles. The smallest absolute Gasteiger partial charge is 0.242 e. The summed E-state index contributed by atoms with van der Waals surface area (Å²) in [5.41, 5.74) is 2.20. The molecule has 1 saturated heterocycles. The molecule has 1 amide bonds. The number of fused-ring (bicyclic) bond motifs is 3. The van der Waals surface area contributed by atoms with E-state index >= 15 is 0 Å². The zero-order chi connectivity index (χ0) is 23.7. The van der Waals surface area contributed by atoms with Crippen LogP contribution in [0.3, 0.4) is 0 Å². The molecule has 35 heavy (non-hydrogen) atoms. The molecule has 4 aromatic rings. The molecular weight excluding hydrogens is 536 g/mol. The summed E-state index contributed by atoms with van der Waals surface area (Å²) in [6.07, 6.45) is 3.59. The summed E-state index contributed by atoms with van der Waals surface area (Å²) in [6.45, 7) is 7.24. The van der Waals surface area contributed by atoms with E-state index in [0.29, 0.717) is 24.0 Å². The first-order valence-electron chi connectivity index (χ1n) is 11.3. The Bertz CT molecular complexity index is 1330. The van der Waals surface area contributed by atoms with Crippen LogP contribution >= 0.6 is 28.3 Å². The molecule has 0 aliphatic carbocycles. The molecule has 0 radical (unpaired) electrons. The van der Waals surface area contributed by atoms with Crippen LogP contribution in [-0.4, -0.2) is 85.5 Å². The Morgan fingerprint density at radius 2 is 2.06 bits per heavy atom. The van der Waals surface area contributed by atoms with Crippen molar-refractivity contribution in [3.05, 3.63) is 35.1 Å². The molecule has 11 nitrogen and oxygen atoms in total. The van der Waals surface area contributed by atoms with Gasteiger partial charge in [0.25, 0.3) is 0 Å². The largest absolute Gasteiger partial charge is 0.353 e. The van der Waals surface area contributed by atoms with Crippen molar-refractivity contribution < 1.29 is 4.79 Å². The fourth-order valence-corrected chi connectivity index (χ4v) is 4.49. The second kappa shape index (κ2) is 10.9. The predicted molar refractivity (Wildman–Crippen MR) is 141 cm³/mol. The Morgan fingerprint density at radius 3 is 2.80 bits per heavy atom. The van der Waals surface area contributed by atoms with Crippen LogP contribution in [0.15, 0.2) is 35.1 Å². The number of hydrogen-bond donors (Lipinski definition) is 3. The SMILES string of the molecule is C[C@@H](Nc1nc2c(Br)cccc2c2nc(-c3cnn(C)c3)nn12)C(=O)NCCN1CCNCC1.Cl. The normalized spacial score (nSPS) is 15.2. The molecule has 13 heteroatoms. The van der Waals surface area contributed by atoms with Crippen LogP contribution < -0.4 is 16.0 Å². The molecule has 1 aliphatic rings. The average Bonchev–Trinajstić information content (AvgIpc) is 3.47. The monoisotopic (exact) mass is 562 g/mol. The van der Waals surface area contributed by atoms with Gasteiger partial charge in [-0.3, -0.25) is 14.4 Å². The van der Waals surface area contributed by atoms with Crippen molar-refractivity contribution in [3.8, 4) is 11.4 Å². The zero-order valence-corrected chi connectivity index (χ0v) is 21.9. The maximum absolute atomic E-state index is 12.8. The molecule has 1 atom stereocenters. The summed E-state index contributed by atoms with van der Waals surface area (Å²) in [6, 6.07) is 5.32. The van der Waals surface area contributed by atoms with Crippen LogP contribution in [0.4, 0.5) is 5.95 Å². The van der Waals surface area contributed by atoms with Crippen LogP contribution in [0.25, 0.3) is 27.9 Å². The van der Waals surface area contributed by atoms with Gasteiger partial charge < -0.3 is 16.0 Å². The van der Waals surface area contributed by atoms with Gasteiger partial charge in [0.2, 0.25) is 11.9 Å². The number of hydrogen-bond acceptors (Lipinski definition) is 8. The van der Waals surface area contributed by atoms with Crippen molar-refractivity contribution in [2.24, 2.45) is 7.05 Å². The highest BCUT2D eigenvalue weighted by atomic mass is 79.9. The second-order valence-electron chi connectivity index (χ2n) is 8.39. The van der Waals surface area contributed by atoms with E-state index in [1.165, 1.54) is 0 Å². The molecule has 5 rings (SSSR count). The van der Waals surface area contributed by atoms with Gasteiger partial charge >= 0.3 is 0 Å². The van der Waals surface area contributed by atoms with Gasteiger partial charge in [-0.25, -0.2) is 9.97 Å². The van der Waals surface area contributed by atoms with Crippen LogP contribution in [0.5, 0.6) is 0 Å². The lowest BCUT2D eigenvalue weighted by atomic mass is 10.2. The van der Waals surface area contributed by atoms with Crippen molar-refractivity contribution in [1.29, 1.82) is 0 Å². The standard InChI is InChI=1S/C22H27BrN10O.ClH/c1-14(21(34)25-8-11-32-9-6-24-7-10-32)27-22-28-18-16(4-3-5-17(18)23)20-29-19(30-33(20)22)15-12-26-31(2)13-15;/h3-5,12-14,24H,6-11H2,1-2H3,(H,25,34)(H,27,28);1H/t14-;/m1./s1. The topological polar surface area (TPSA) is 117 Å². The fourth-order valence-electron chi connectivity index (χ4n) is 4.03. The van der Waals surface area contributed by atoms with Crippen LogP contribution in [0, 0.1) is 0 Å². The first-order chi connectivity index (χ1) is 16.5. The number of nitrogens with one attached hydrogen (secondary N) is 3. The molecule has 4 heterocycles. The number of amides is 1. The van der Waals surface area contributed by atoms with Crippen LogP contribution in [-0.2, 0) is 11.8 Å². The predicted octanol–water partition coefficient (Wildman–Crippen LogP) is 1.68. The lowest BCUT2D eigenvalue weighted by Gasteiger charge is -2.27. The molecule has 0 unspecified atom stereocenters. The minimum atomic E-state index is -0.510. The van der Waals surface area contributed by atoms with Crippen molar-refractivity contribution >= 4 is 56.7 Å². The third-order valence-corrected chi connectivity index (χ3v) is 6.53. The molecule has 1 fully saturated rings. The molecule has 0 bridgehead atoms. The van der Waals surface area contributed by atoms with E-state index in [1.54, 1.807) is 15.4 Å². The van der Waals surface area contributed by atoms with E-state index in [9.17, 15) is 4.79 Å². The molecule has 0 spiro atoms. The lowest BCUT2D eigenvalue weighted by molar-refractivity contribution is -0.121. The maximum atomic E-state index is 12.8. The van der Waals surface area contributed by atoms with E-state index in [1.807, 2.05) is 38.4 Å². The molecule has 186 valence electrons. The van der Waals surface area contributed by atoms with E-state index in [0.717, 1.165) is 53.7 Å². The zero-order valence-electron chi connectivity index (χ0n) is 19.5. The fraction of sp³-hybridized carbons (Fsp3) is 0.409. The molecule has 3 N–H and O–H groups in total. The highest BCUT2D eigenvalue weighted by Crippen LogP contribution is 2.28. The van der Waals surface area contributed by atoms with Crippen molar-refractivity contribution in [2.45, 2.75) is 13.0 Å². The average molecular weight is 564 g/mol. The van der Waals surface area contributed by atoms with Gasteiger partial charge in [0, 0.05) is 62.4 Å². The van der Waals surface area contributed by atoms with Gasteiger partial charge in [-0.1, -0.05) is 6.07 Å². The van der Waals surface area contributed by atoms with Gasteiger partial charge in [0.05, 0.1) is 17.3 Å². The van der Waals surface area contributed by atoms with Crippen LogP contribution in [0.1, 0.15) is 6.92 Å². The Hall–Kier alpha value is -2.80. The van der Waals surface area contributed by atoms with Gasteiger partial charge in [0.1, 0.15) is 6.04 Å². The molecule has 1 aromatic carbocycles. The second-order valence-corrected chi connectivity index (χ2v) is 9.25. The number of anilines is 1. The first kappa shape index (κ1) is 25.3. The minimum absolute atomic E-state index is 0. The number of para-hydroxylation sites is 1. The van der Waals surface area contributed by atoms with Crippen molar-refractivity contribution in [1.82, 2.24) is 44.9 Å². The maximum Gasteiger partial charge on any atom is 0.242 e. The number of piperazine rings is 1. The molecular formula is C22H28BrClN10O. The third-order valence-electron chi connectivity index (χ3n) is 5.89. The molecule has 3 aromatic heterocycles. The highest BCUT2D eigenvalue weighted by Gasteiger charge is 2.20. The summed E-state index contributed by atoms with van der Waals surface area (Å²) < 4.78 is 4.20. The number of carbonyl (C=O) groups is 1. The van der Waals surface area contributed by atoms with E-state index in [4.69, 9.17) is 9.97 Å². The summed E-state index contributed by atoms with van der Waals surface area (Å²) in [5, 5.41) is 19.4. The summed E-state index contributed by atoms with van der Waals surface area (Å²) >= 11 is 3.59. The Labute approximate surface area is 217 Å². The first-order valence-corrected chi connectivity index (χ1v) is 12.1. The van der Waals surface area contributed by atoms with Gasteiger partial charge in [-0.15, -0.1) is 17.5 Å². The summed E-state index contributed by atoms with van der Waals surface area (Å²) in [5.74, 6) is 0.894. The number of aryl methyl sites for hydroxylation is 1. The number of benzene rings is 1. The molecule has 0 saturated carbocycles. The Balaban J connectivity index is 0.00000289. The number of rotatable bonds is 7. The highest BCUT2D eigenvalue weighted by molar-refractivity contribution is 9.10. The number of nitrogens with zero attached hydrogens (tertiary/aromatic N) is 7. The van der Waals surface area contributed by atoms with E-state index < -0.39 is 6.04 Å². The summed E-state index contributed by atoms with van der Waals surface area (Å²) in [7, 11) is 1.85. The third kappa shape index (κ3) is 5.40. The quantitative estimate of drug-likeness (QED) is 0.311. The summed E-state index contributed by atoms with van der Waals surface area (Å²) in [4.78, 5) is 24.7. The lowest BCUT2D eigenvalue weighted by Crippen LogP contribution is -2.47. The van der Waals surface area contributed by atoms with Gasteiger partial charge in [-0.2, -0.15) is 9.61 Å². The van der Waals surface area contributed by atoms with Gasteiger partial charge in [0.15, 0.2) is 11.5 Å². The van der Waals surface area contributed by atoms with E-state index in [-0.39, 0.29) is 18.3 Å². The number of carbonyl (C=O) groups excluding carboxylic acids is 1. The Kier molecular flexibility index (Phi) is 7.85. The number of halogens is 2. The number of aromatic nitrogens is 6. The van der Waals surface area contributed by atoms with Crippen molar-refractivity contribution in [3.63, 3.8) is 0 Å². The Morgan fingerprint density at radius 1 is 1.26 bits per heavy atom. The van der Waals surface area contributed by atoms with Gasteiger partial charge in [-0.05, 0) is 35.0 Å².